The number of carboxylic acid groups (broad SMARTS) is 1. The largest absolute Gasteiger partial charge is 0.481 e. The van der Waals surface area contributed by atoms with E-state index in [1.54, 1.807) is 16.8 Å². The molecule has 0 saturated carbocycles. The Kier molecular flexibility index (Phi) is 4.06. The molecule has 2 heterocycles. The molecule has 0 spiro atoms. The van der Waals surface area contributed by atoms with Crippen LogP contribution in [0, 0.1) is 0 Å². The van der Waals surface area contributed by atoms with Crippen LogP contribution < -0.4 is 0 Å². The molecule has 2 fully saturated rings. The lowest BCUT2D eigenvalue weighted by atomic mass is 10.1. The van der Waals surface area contributed by atoms with Crippen molar-refractivity contribution in [3.05, 3.63) is 0 Å². The number of aliphatic carboxylic acids is 1. The second-order valence-electron chi connectivity index (χ2n) is 5.00. The molecule has 0 aromatic heterocycles. The van der Waals surface area contributed by atoms with Crippen molar-refractivity contribution in [3.8, 4) is 0 Å². The molecule has 2 saturated heterocycles. The molecule has 6 nitrogen and oxygen atoms in total. The maximum Gasteiger partial charge on any atom is 0.320 e. The molecular formula is C12H20N2O4. The average Bonchev–Trinajstić information content (AvgIpc) is 2.96. The van der Waals surface area contributed by atoms with Gasteiger partial charge in [0.1, 0.15) is 0 Å². The highest BCUT2D eigenvalue weighted by molar-refractivity contribution is 5.76. The van der Waals surface area contributed by atoms with Crippen LogP contribution in [0.25, 0.3) is 0 Å². The van der Waals surface area contributed by atoms with E-state index in [4.69, 9.17) is 9.84 Å². The summed E-state index contributed by atoms with van der Waals surface area (Å²) in [6, 6.07) is -0.0856. The fraction of sp³-hybridized carbons (Fsp3) is 0.833. The summed E-state index contributed by atoms with van der Waals surface area (Å²) in [5.41, 5.74) is 0. The lowest BCUT2D eigenvalue weighted by Crippen LogP contribution is -2.48. The Hall–Kier alpha value is -1.30. The highest BCUT2D eigenvalue weighted by atomic mass is 16.5. The van der Waals surface area contributed by atoms with Gasteiger partial charge in [-0.05, 0) is 19.3 Å². The van der Waals surface area contributed by atoms with Crippen LogP contribution in [0.2, 0.25) is 0 Å². The normalized spacial score (nSPS) is 27.5. The third-order valence-electron chi connectivity index (χ3n) is 3.79. The van der Waals surface area contributed by atoms with Crippen molar-refractivity contribution in [1.29, 1.82) is 0 Å². The summed E-state index contributed by atoms with van der Waals surface area (Å²) in [5, 5.41) is 8.85. The van der Waals surface area contributed by atoms with Crippen molar-refractivity contribution in [2.45, 2.75) is 37.8 Å². The molecule has 2 aliphatic heterocycles. The van der Waals surface area contributed by atoms with E-state index in [-0.39, 0.29) is 24.5 Å². The van der Waals surface area contributed by atoms with Crippen LogP contribution in [0.3, 0.4) is 0 Å². The van der Waals surface area contributed by atoms with Crippen LogP contribution in [0.1, 0.15) is 25.7 Å². The first-order chi connectivity index (χ1) is 8.59. The van der Waals surface area contributed by atoms with Gasteiger partial charge in [0, 0.05) is 26.2 Å². The molecule has 0 aromatic rings. The summed E-state index contributed by atoms with van der Waals surface area (Å²) in [6.07, 6.45) is 2.58. The number of hydrogen-bond donors (Lipinski definition) is 1. The van der Waals surface area contributed by atoms with Crippen molar-refractivity contribution in [2.75, 3.05) is 26.8 Å². The topological polar surface area (TPSA) is 70.1 Å². The molecule has 2 rings (SSSR count). The summed E-state index contributed by atoms with van der Waals surface area (Å²) in [6.45, 7) is 1.94. The van der Waals surface area contributed by atoms with Crippen molar-refractivity contribution in [2.24, 2.45) is 0 Å². The minimum absolute atomic E-state index is 0.0424. The van der Waals surface area contributed by atoms with Gasteiger partial charge in [0.05, 0.1) is 19.1 Å². The fourth-order valence-corrected chi connectivity index (χ4v) is 2.69. The second-order valence-corrected chi connectivity index (χ2v) is 5.00. The minimum Gasteiger partial charge on any atom is -0.481 e. The Morgan fingerprint density at radius 1 is 1.44 bits per heavy atom. The molecule has 0 aromatic carbocycles. The van der Waals surface area contributed by atoms with Crippen LogP contribution >= 0.6 is 0 Å². The maximum absolute atomic E-state index is 12.3. The van der Waals surface area contributed by atoms with Gasteiger partial charge >= 0.3 is 12.0 Å². The molecule has 102 valence electrons. The van der Waals surface area contributed by atoms with E-state index < -0.39 is 5.97 Å². The summed E-state index contributed by atoms with van der Waals surface area (Å²) >= 11 is 0. The standard InChI is InChI=1S/C12H20N2O4/c1-13(10-4-6-18-8-10)12(17)14-5-2-3-9(14)7-11(15)16/h9-10H,2-8H2,1H3,(H,15,16). The van der Waals surface area contributed by atoms with Gasteiger partial charge in [0.15, 0.2) is 0 Å². The lowest BCUT2D eigenvalue weighted by molar-refractivity contribution is -0.138. The number of likely N-dealkylation sites (tertiary alicyclic amines) is 1. The predicted octanol–water partition coefficient (Wildman–Crippen LogP) is 0.766. The number of hydrogen-bond acceptors (Lipinski definition) is 3. The SMILES string of the molecule is CN(C(=O)N1CCCC1CC(=O)O)C1CCOC1. The number of amides is 2. The molecule has 2 atom stereocenters. The molecule has 1 N–H and O–H groups in total. The summed E-state index contributed by atoms with van der Waals surface area (Å²) in [7, 11) is 1.78. The second kappa shape index (κ2) is 5.56. The Bertz CT molecular complexity index is 328. The van der Waals surface area contributed by atoms with Crippen molar-refractivity contribution in [1.82, 2.24) is 9.80 Å². The van der Waals surface area contributed by atoms with E-state index >= 15 is 0 Å². The fourth-order valence-electron chi connectivity index (χ4n) is 2.69. The first-order valence-electron chi connectivity index (χ1n) is 6.42. The molecule has 2 unspecified atom stereocenters. The summed E-state index contributed by atoms with van der Waals surface area (Å²) in [5.74, 6) is -0.841. The van der Waals surface area contributed by atoms with E-state index in [1.165, 1.54) is 0 Å². The van der Waals surface area contributed by atoms with Crippen molar-refractivity contribution < 1.29 is 19.4 Å². The summed E-state index contributed by atoms with van der Waals surface area (Å²) in [4.78, 5) is 26.5. The smallest absolute Gasteiger partial charge is 0.320 e. The number of ether oxygens (including phenoxy) is 1. The van der Waals surface area contributed by atoms with E-state index in [0.29, 0.717) is 19.8 Å². The monoisotopic (exact) mass is 256 g/mol. The number of carbonyl (C=O) groups excluding carboxylic acids is 1. The Morgan fingerprint density at radius 2 is 2.22 bits per heavy atom. The highest BCUT2D eigenvalue weighted by Gasteiger charge is 2.34. The van der Waals surface area contributed by atoms with E-state index in [2.05, 4.69) is 0 Å². The molecule has 2 amide bonds. The number of carbonyl (C=O) groups is 2. The van der Waals surface area contributed by atoms with Gasteiger partial charge < -0.3 is 19.6 Å². The number of likely N-dealkylation sites (N-methyl/N-ethyl adjacent to an activating group) is 1. The maximum atomic E-state index is 12.3. The van der Waals surface area contributed by atoms with E-state index in [1.807, 2.05) is 0 Å². The van der Waals surface area contributed by atoms with Gasteiger partial charge in [0.2, 0.25) is 0 Å². The lowest BCUT2D eigenvalue weighted by Gasteiger charge is -2.31. The molecule has 0 aliphatic carbocycles. The number of nitrogens with zero attached hydrogens (tertiary/aromatic N) is 2. The van der Waals surface area contributed by atoms with Gasteiger partial charge in [-0.15, -0.1) is 0 Å². The zero-order valence-electron chi connectivity index (χ0n) is 10.7. The Morgan fingerprint density at radius 3 is 2.83 bits per heavy atom. The zero-order valence-corrected chi connectivity index (χ0v) is 10.7. The van der Waals surface area contributed by atoms with E-state index in [0.717, 1.165) is 19.3 Å². The Labute approximate surface area is 106 Å². The summed E-state index contributed by atoms with van der Waals surface area (Å²) < 4.78 is 5.28. The van der Waals surface area contributed by atoms with Gasteiger partial charge in [-0.1, -0.05) is 0 Å². The molecule has 18 heavy (non-hydrogen) atoms. The van der Waals surface area contributed by atoms with Crippen LogP contribution in [-0.2, 0) is 9.53 Å². The molecular weight excluding hydrogens is 236 g/mol. The first-order valence-corrected chi connectivity index (χ1v) is 6.42. The molecule has 6 heteroatoms. The molecule has 2 aliphatic rings. The van der Waals surface area contributed by atoms with Gasteiger partial charge in [-0.3, -0.25) is 4.79 Å². The zero-order chi connectivity index (χ0) is 13.1. The third-order valence-corrected chi connectivity index (χ3v) is 3.79. The van der Waals surface area contributed by atoms with Crippen LogP contribution in [-0.4, -0.2) is 65.8 Å². The van der Waals surface area contributed by atoms with Crippen LogP contribution in [0.15, 0.2) is 0 Å². The molecule has 0 bridgehead atoms. The minimum atomic E-state index is -0.841. The van der Waals surface area contributed by atoms with Crippen LogP contribution in [0.5, 0.6) is 0 Å². The average molecular weight is 256 g/mol. The number of carboxylic acids is 1. The molecule has 0 radical (unpaired) electrons. The van der Waals surface area contributed by atoms with Crippen LogP contribution in [0.4, 0.5) is 4.79 Å². The van der Waals surface area contributed by atoms with Crippen molar-refractivity contribution >= 4 is 12.0 Å². The van der Waals surface area contributed by atoms with Gasteiger partial charge in [0.25, 0.3) is 0 Å². The highest BCUT2D eigenvalue weighted by Crippen LogP contribution is 2.23. The Balaban J connectivity index is 1.96. The van der Waals surface area contributed by atoms with Gasteiger partial charge in [-0.25, -0.2) is 4.79 Å². The third kappa shape index (κ3) is 2.75. The number of urea groups is 1. The quantitative estimate of drug-likeness (QED) is 0.809. The van der Waals surface area contributed by atoms with E-state index in [9.17, 15) is 9.59 Å². The first kappa shape index (κ1) is 13.1. The van der Waals surface area contributed by atoms with Gasteiger partial charge in [-0.2, -0.15) is 0 Å². The van der Waals surface area contributed by atoms with Crippen molar-refractivity contribution in [3.63, 3.8) is 0 Å². The predicted molar refractivity (Wildman–Crippen MR) is 64.4 cm³/mol. The number of rotatable bonds is 3.